The van der Waals surface area contributed by atoms with E-state index >= 15 is 0 Å². The van der Waals surface area contributed by atoms with Crippen LogP contribution < -0.4 is 19.1 Å². The van der Waals surface area contributed by atoms with E-state index in [2.05, 4.69) is 21.8 Å². The van der Waals surface area contributed by atoms with Gasteiger partial charge in [-0.1, -0.05) is 29.8 Å². The third kappa shape index (κ3) is 4.47. The van der Waals surface area contributed by atoms with Crippen molar-refractivity contribution in [3.05, 3.63) is 65.6 Å². The SMILES string of the molecule is COc1cc(N(Cc2cn(C)c3ccccc23)C(=O)Cn2cc(Cl)cn2)cc(OC)c1OC. The number of nitrogens with zero attached hydrogens (tertiary/aromatic N) is 4. The first-order chi connectivity index (χ1) is 15.9. The van der Waals surface area contributed by atoms with Gasteiger partial charge in [0.05, 0.1) is 44.8 Å². The van der Waals surface area contributed by atoms with Crippen LogP contribution in [0, 0.1) is 0 Å². The number of fused-ring (bicyclic) bond motifs is 1. The molecule has 0 unspecified atom stereocenters. The molecule has 0 saturated carbocycles. The van der Waals surface area contributed by atoms with Crippen LogP contribution in [0.3, 0.4) is 0 Å². The molecule has 1 amide bonds. The summed E-state index contributed by atoms with van der Waals surface area (Å²) in [6, 6.07) is 11.6. The molecule has 0 N–H and O–H groups in total. The van der Waals surface area contributed by atoms with Crippen LogP contribution in [0.15, 0.2) is 55.0 Å². The largest absolute Gasteiger partial charge is 0.493 e. The lowest BCUT2D eigenvalue weighted by Crippen LogP contribution is -2.33. The molecule has 0 aliphatic carbocycles. The van der Waals surface area contributed by atoms with Crippen molar-refractivity contribution in [1.29, 1.82) is 0 Å². The van der Waals surface area contributed by atoms with Crippen LogP contribution in [0.2, 0.25) is 5.02 Å². The Labute approximate surface area is 196 Å². The predicted molar refractivity (Wildman–Crippen MR) is 127 cm³/mol. The van der Waals surface area contributed by atoms with E-state index in [0.717, 1.165) is 16.5 Å². The van der Waals surface area contributed by atoms with Gasteiger partial charge >= 0.3 is 0 Å². The van der Waals surface area contributed by atoms with Gasteiger partial charge in [0, 0.05) is 42.5 Å². The average molecular weight is 469 g/mol. The first-order valence-electron chi connectivity index (χ1n) is 10.3. The maximum Gasteiger partial charge on any atom is 0.249 e. The van der Waals surface area contributed by atoms with Crippen LogP contribution in [0.1, 0.15) is 5.56 Å². The number of anilines is 1. The first kappa shape index (κ1) is 22.5. The normalized spacial score (nSPS) is 10.9. The molecule has 0 atom stereocenters. The molecule has 0 aliphatic heterocycles. The zero-order valence-corrected chi connectivity index (χ0v) is 19.7. The van der Waals surface area contributed by atoms with Crippen molar-refractivity contribution in [2.75, 3.05) is 26.2 Å². The Hall–Kier alpha value is -3.65. The van der Waals surface area contributed by atoms with Crippen molar-refractivity contribution in [1.82, 2.24) is 14.3 Å². The molecule has 0 saturated heterocycles. The smallest absolute Gasteiger partial charge is 0.249 e. The lowest BCUT2D eigenvalue weighted by molar-refractivity contribution is -0.119. The molecule has 0 aliphatic rings. The Morgan fingerprint density at radius 2 is 1.76 bits per heavy atom. The predicted octanol–water partition coefficient (Wildman–Crippen LogP) is 4.29. The molecule has 0 radical (unpaired) electrons. The van der Waals surface area contributed by atoms with Gasteiger partial charge in [-0.05, 0) is 11.6 Å². The van der Waals surface area contributed by atoms with Gasteiger partial charge in [-0.3, -0.25) is 9.48 Å². The minimum absolute atomic E-state index is 0.0220. The average Bonchev–Trinajstić information content (AvgIpc) is 3.38. The van der Waals surface area contributed by atoms with Crippen LogP contribution in [0.25, 0.3) is 10.9 Å². The van der Waals surface area contributed by atoms with Crippen LogP contribution in [-0.2, 0) is 24.9 Å². The highest BCUT2D eigenvalue weighted by Gasteiger charge is 2.23. The summed E-state index contributed by atoms with van der Waals surface area (Å²) in [7, 11) is 6.62. The molecule has 4 aromatic rings. The second kappa shape index (κ2) is 9.46. The molecule has 172 valence electrons. The van der Waals surface area contributed by atoms with Gasteiger partial charge in [0.15, 0.2) is 11.5 Å². The fourth-order valence-corrected chi connectivity index (χ4v) is 4.07. The van der Waals surface area contributed by atoms with E-state index < -0.39 is 0 Å². The summed E-state index contributed by atoms with van der Waals surface area (Å²) in [4.78, 5) is 15.2. The van der Waals surface area contributed by atoms with Crippen molar-refractivity contribution < 1.29 is 19.0 Å². The highest BCUT2D eigenvalue weighted by Crippen LogP contribution is 2.41. The Morgan fingerprint density at radius 1 is 1.06 bits per heavy atom. The summed E-state index contributed by atoms with van der Waals surface area (Å²) < 4.78 is 20.0. The van der Waals surface area contributed by atoms with E-state index in [1.54, 1.807) is 44.6 Å². The monoisotopic (exact) mass is 468 g/mol. The molecular weight excluding hydrogens is 444 g/mol. The fourth-order valence-electron chi connectivity index (χ4n) is 3.92. The van der Waals surface area contributed by atoms with Crippen molar-refractivity contribution in [2.24, 2.45) is 7.05 Å². The molecule has 33 heavy (non-hydrogen) atoms. The summed E-state index contributed by atoms with van der Waals surface area (Å²) in [6.45, 7) is 0.363. The summed E-state index contributed by atoms with van der Waals surface area (Å²) >= 11 is 5.99. The lowest BCUT2D eigenvalue weighted by Gasteiger charge is -2.25. The van der Waals surface area contributed by atoms with Gasteiger partial charge in [-0.25, -0.2) is 0 Å². The minimum atomic E-state index is -0.169. The number of hydrogen-bond acceptors (Lipinski definition) is 5. The van der Waals surface area contributed by atoms with Crippen LogP contribution in [0.4, 0.5) is 5.69 Å². The number of para-hydroxylation sites is 1. The number of hydrogen-bond donors (Lipinski definition) is 0. The lowest BCUT2D eigenvalue weighted by atomic mass is 10.1. The van der Waals surface area contributed by atoms with Gasteiger partial charge in [0.1, 0.15) is 6.54 Å². The Kier molecular flexibility index (Phi) is 6.46. The number of methoxy groups -OCH3 is 3. The number of halogens is 1. The maximum atomic E-state index is 13.5. The van der Waals surface area contributed by atoms with Crippen molar-refractivity contribution in [3.63, 3.8) is 0 Å². The van der Waals surface area contributed by atoms with Crippen molar-refractivity contribution in [3.8, 4) is 17.2 Å². The van der Waals surface area contributed by atoms with E-state index in [1.165, 1.54) is 10.9 Å². The fraction of sp³-hybridized carbons (Fsp3) is 0.250. The molecule has 0 fully saturated rings. The molecule has 2 aromatic carbocycles. The number of carbonyl (C=O) groups is 1. The number of aryl methyl sites for hydroxylation is 1. The number of rotatable bonds is 8. The van der Waals surface area contributed by atoms with Gasteiger partial charge in [0.2, 0.25) is 11.7 Å². The van der Waals surface area contributed by atoms with Crippen LogP contribution in [0.5, 0.6) is 17.2 Å². The first-order valence-corrected chi connectivity index (χ1v) is 10.6. The Bertz CT molecular complexity index is 1270. The van der Waals surface area contributed by atoms with Gasteiger partial charge in [0.25, 0.3) is 0 Å². The Morgan fingerprint density at radius 3 is 2.36 bits per heavy atom. The van der Waals surface area contributed by atoms with E-state index in [1.807, 2.05) is 25.4 Å². The number of amides is 1. The highest BCUT2D eigenvalue weighted by molar-refractivity contribution is 6.30. The van der Waals surface area contributed by atoms with Gasteiger partial charge in [-0.15, -0.1) is 0 Å². The van der Waals surface area contributed by atoms with E-state index in [0.29, 0.717) is 34.5 Å². The summed E-state index contributed by atoms with van der Waals surface area (Å²) in [5.41, 5.74) is 2.71. The summed E-state index contributed by atoms with van der Waals surface area (Å²) in [6.07, 6.45) is 5.15. The van der Waals surface area contributed by atoms with E-state index in [-0.39, 0.29) is 12.5 Å². The topological polar surface area (TPSA) is 70.8 Å². The zero-order chi connectivity index (χ0) is 23.5. The molecule has 8 nitrogen and oxygen atoms in total. The van der Waals surface area contributed by atoms with E-state index in [4.69, 9.17) is 25.8 Å². The number of benzene rings is 2. The molecule has 2 aromatic heterocycles. The number of carbonyl (C=O) groups excluding carboxylic acids is 1. The molecule has 0 spiro atoms. The van der Waals surface area contributed by atoms with Gasteiger partial charge < -0.3 is 23.7 Å². The standard InChI is InChI=1S/C24H25ClN4O4/c1-27-12-16(19-7-5-6-8-20(19)27)13-29(23(30)15-28-14-17(25)11-26-28)18-9-21(31-2)24(33-4)22(10-18)32-3/h5-12,14H,13,15H2,1-4H3. The van der Waals surface area contributed by atoms with Crippen molar-refractivity contribution >= 4 is 34.1 Å². The number of ether oxygens (including phenoxy) is 3. The quantitative estimate of drug-likeness (QED) is 0.386. The summed E-state index contributed by atoms with van der Waals surface area (Å²) in [5, 5.41) is 5.70. The van der Waals surface area contributed by atoms with E-state index in [9.17, 15) is 4.79 Å². The second-order valence-electron chi connectivity index (χ2n) is 7.50. The molecular formula is C24H25ClN4O4. The third-order valence-corrected chi connectivity index (χ3v) is 5.66. The molecule has 9 heteroatoms. The highest BCUT2D eigenvalue weighted by atomic mass is 35.5. The Balaban J connectivity index is 1.79. The molecule has 0 bridgehead atoms. The van der Waals surface area contributed by atoms with Crippen molar-refractivity contribution in [2.45, 2.75) is 13.1 Å². The molecule has 2 heterocycles. The van der Waals surface area contributed by atoms with Crippen LogP contribution in [-0.4, -0.2) is 41.6 Å². The second-order valence-corrected chi connectivity index (χ2v) is 7.94. The maximum absolute atomic E-state index is 13.5. The third-order valence-electron chi connectivity index (χ3n) is 5.47. The minimum Gasteiger partial charge on any atom is -0.493 e. The zero-order valence-electron chi connectivity index (χ0n) is 18.9. The number of aromatic nitrogens is 3. The summed E-state index contributed by atoms with van der Waals surface area (Å²) in [5.74, 6) is 1.21. The molecule has 4 rings (SSSR count). The van der Waals surface area contributed by atoms with Gasteiger partial charge in [-0.2, -0.15) is 5.10 Å². The van der Waals surface area contributed by atoms with Crippen LogP contribution >= 0.6 is 11.6 Å².